The van der Waals surface area contributed by atoms with Crippen LogP contribution in [0, 0.1) is 6.92 Å². The molecular formula is C15H25NO. The predicted molar refractivity (Wildman–Crippen MR) is 73.6 cm³/mol. The van der Waals surface area contributed by atoms with E-state index in [0.29, 0.717) is 6.04 Å². The van der Waals surface area contributed by atoms with E-state index in [1.54, 1.807) is 7.11 Å². The Morgan fingerprint density at radius 2 is 2.06 bits per heavy atom. The Balaban J connectivity index is 2.48. The van der Waals surface area contributed by atoms with Crippen molar-refractivity contribution in [2.45, 2.75) is 52.0 Å². The van der Waals surface area contributed by atoms with Gasteiger partial charge in [-0.25, -0.2) is 0 Å². The molecule has 1 aromatic carbocycles. The SMILES string of the molecule is CCCC(N)CCCc1cc(C)ccc1OC. The van der Waals surface area contributed by atoms with E-state index in [-0.39, 0.29) is 0 Å². The Kier molecular flexibility index (Phi) is 6.06. The van der Waals surface area contributed by atoms with Crippen molar-refractivity contribution >= 4 is 0 Å². The molecule has 1 unspecified atom stereocenters. The fourth-order valence-corrected chi connectivity index (χ4v) is 2.17. The average molecular weight is 235 g/mol. The van der Waals surface area contributed by atoms with Gasteiger partial charge in [0, 0.05) is 6.04 Å². The van der Waals surface area contributed by atoms with Gasteiger partial charge in [0.25, 0.3) is 0 Å². The molecule has 1 rings (SSSR count). The summed E-state index contributed by atoms with van der Waals surface area (Å²) >= 11 is 0. The van der Waals surface area contributed by atoms with Crippen LogP contribution in [-0.2, 0) is 6.42 Å². The maximum absolute atomic E-state index is 6.02. The van der Waals surface area contributed by atoms with Crippen molar-refractivity contribution in [2.75, 3.05) is 7.11 Å². The first-order valence-corrected chi connectivity index (χ1v) is 6.56. The third-order valence-electron chi connectivity index (χ3n) is 3.12. The second kappa shape index (κ2) is 7.33. The second-order valence-corrected chi connectivity index (χ2v) is 4.76. The summed E-state index contributed by atoms with van der Waals surface area (Å²) in [5, 5.41) is 0. The minimum absolute atomic E-state index is 0.357. The Morgan fingerprint density at radius 1 is 1.29 bits per heavy atom. The molecule has 96 valence electrons. The summed E-state index contributed by atoms with van der Waals surface area (Å²) in [7, 11) is 1.73. The lowest BCUT2D eigenvalue weighted by Crippen LogP contribution is -2.19. The first-order chi connectivity index (χ1) is 8.17. The normalized spacial score (nSPS) is 12.5. The van der Waals surface area contributed by atoms with Crippen molar-refractivity contribution in [1.29, 1.82) is 0 Å². The van der Waals surface area contributed by atoms with Gasteiger partial charge in [0.05, 0.1) is 7.11 Å². The number of nitrogens with two attached hydrogens (primary N) is 1. The molecule has 0 bridgehead atoms. The molecule has 0 saturated heterocycles. The van der Waals surface area contributed by atoms with E-state index in [0.717, 1.165) is 31.4 Å². The van der Waals surface area contributed by atoms with Crippen molar-refractivity contribution < 1.29 is 4.74 Å². The summed E-state index contributed by atoms with van der Waals surface area (Å²) in [5.41, 5.74) is 8.61. The van der Waals surface area contributed by atoms with Crippen molar-refractivity contribution in [1.82, 2.24) is 0 Å². The van der Waals surface area contributed by atoms with Crippen molar-refractivity contribution in [3.63, 3.8) is 0 Å². The number of ether oxygens (including phenoxy) is 1. The summed E-state index contributed by atoms with van der Waals surface area (Å²) in [4.78, 5) is 0. The van der Waals surface area contributed by atoms with E-state index < -0.39 is 0 Å². The third-order valence-corrected chi connectivity index (χ3v) is 3.12. The molecule has 0 aromatic heterocycles. The zero-order valence-corrected chi connectivity index (χ0v) is 11.3. The maximum atomic E-state index is 6.02. The number of rotatable bonds is 7. The molecule has 0 fully saturated rings. The molecule has 17 heavy (non-hydrogen) atoms. The van der Waals surface area contributed by atoms with Crippen molar-refractivity contribution in [3.8, 4) is 5.75 Å². The third kappa shape index (κ3) is 4.78. The quantitative estimate of drug-likeness (QED) is 0.785. The Hall–Kier alpha value is -1.02. The fraction of sp³-hybridized carbons (Fsp3) is 0.600. The minimum Gasteiger partial charge on any atom is -0.496 e. The van der Waals surface area contributed by atoms with Crippen LogP contribution >= 0.6 is 0 Å². The van der Waals surface area contributed by atoms with Crippen molar-refractivity contribution in [3.05, 3.63) is 29.3 Å². The van der Waals surface area contributed by atoms with Gasteiger partial charge >= 0.3 is 0 Å². The van der Waals surface area contributed by atoms with Crippen LogP contribution in [0.3, 0.4) is 0 Å². The summed E-state index contributed by atoms with van der Waals surface area (Å²) in [5.74, 6) is 1.000. The van der Waals surface area contributed by atoms with Crippen LogP contribution in [0.25, 0.3) is 0 Å². The Bertz CT molecular complexity index is 336. The van der Waals surface area contributed by atoms with E-state index in [1.165, 1.54) is 17.5 Å². The second-order valence-electron chi connectivity index (χ2n) is 4.76. The lowest BCUT2D eigenvalue weighted by Gasteiger charge is -2.12. The van der Waals surface area contributed by atoms with Gasteiger partial charge in [-0.1, -0.05) is 31.0 Å². The van der Waals surface area contributed by atoms with Gasteiger partial charge in [-0.05, 0) is 44.2 Å². The molecule has 0 amide bonds. The van der Waals surface area contributed by atoms with E-state index >= 15 is 0 Å². The first kappa shape index (κ1) is 14.0. The molecule has 2 N–H and O–H groups in total. The van der Waals surface area contributed by atoms with E-state index in [1.807, 2.05) is 0 Å². The van der Waals surface area contributed by atoms with Gasteiger partial charge in [0.15, 0.2) is 0 Å². The van der Waals surface area contributed by atoms with Crippen LogP contribution in [0.15, 0.2) is 18.2 Å². The standard InChI is InChI=1S/C15H25NO/c1-4-6-14(16)8-5-7-13-11-12(2)9-10-15(13)17-3/h9-11,14H,4-8,16H2,1-3H3. The summed E-state index contributed by atoms with van der Waals surface area (Å²) in [6.45, 7) is 4.30. The molecule has 0 radical (unpaired) electrons. The van der Waals surface area contributed by atoms with Gasteiger partial charge in [0.1, 0.15) is 5.75 Å². The number of methoxy groups -OCH3 is 1. The Morgan fingerprint density at radius 3 is 2.71 bits per heavy atom. The van der Waals surface area contributed by atoms with Gasteiger partial charge in [-0.3, -0.25) is 0 Å². The van der Waals surface area contributed by atoms with Crippen LogP contribution in [0.2, 0.25) is 0 Å². The predicted octanol–water partition coefficient (Wildman–Crippen LogP) is 3.45. The van der Waals surface area contributed by atoms with Crippen LogP contribution < -0.4 is 10.5 Å². The smallest absolute Gasteiger partial charge is 0.122 e. The summed E-state index contributed by atoms with van der Waals surface area (Å²) < 4.78 is 5.37. The molecule has 0 saturated carbocycles. The minimum atomic E-state index is 0.357. The highest BCUT2D eigenvalue weighted by atomic mass is 16.5. The lowest BCUT2D eigenvalue weighted by molar-refractivity contribution is 0.408. The highest BCUT2D eigenvalue weighted by molar-refractivity contribution is 5.36. The van der Waals surface area contributed by atoms with Gasteiger partial charge < -0.3 is 10.5 Å². The number of hydrogen-bond acceptors (Lipinski definition) is 2. The van der Waals surface area contributed by atoms with E-state index in [2.05, 4.69) is 32.0 Å². The summed E-state index contributed by atoms with van der Waals surface area (Å²) in [6.07, 6.45) is 5.61. The number of aryl methyl sites for hydroxylation is 2. The van der Waals surface area contributed by atoms with E-state index in [4.69, 9.17) is 10.5 Å². The number of benzene rings is 1. The molecule has 0 heterocycles. The molecule has 2 nitrogen and oxygen atoms in total. The van der Waals surface area contributed by atoms with Gasteiger partial charge in [-0.2, -0.15) is 0 Å². The van der Waals surface area contributed by atoms with Crippen LogP contribution in [0.4, 0.5) is 0 Å². The van der Waals surface area contributed by atoms with Crippen LogP contribution in [-0.4, -0.2) is 13.2 Å². The van der Waals surface area contributed by atoms with E-state index in [9.17, 15) is 0 Å². The first-order valence-electron chi connectivity index (χ1n) is 6.56. The molecule has 0 aliphatic carbocycles. The topological polar surface area (TPSA) is 35.2 Å². The lowest BCUT2D eigenvalue weighted by atomic mass is 10.0. The number of hydrogen-bond donors (Lipinski definition) is 1. The van der Waals surface area contributed by atoms with Crippen LogP contribution in [0.1, 0.15) is 43.7 Å². The molecule has 1 atom stereocenters. The highest BCUT2D eigenvalue weighted by Crippen LogP contribution is 2.21. The molecule has 0 aliphatic heterocycles. The molecule has 0 aliphatic rings. The van der Waals surface area contributed by atoms with Gasteiger partial charge in [-0.15, -0.1) is 0 Å². The fourth-order valence-electron chi connectivity index (χ4n) is 2.17. The van der Waals surface area contributed by atoms with Crippen molar-refractivity contribution in [2.24, 2.45) is 5.73 Å². The molecule has 0 spiro atoms. The molecule has 2 heteroatoms. The average Bonchev–Trinajstić information content (AvgIpc) is 2.30. The zero-order valence-electron chi connectivity index (χ0n) is 11.3. The maximum Gasteiger partial charge on any atom is 0.122 e. The summed E-state index contributed by atoms with van der Waals surface area (Å²) in [6, 6.07) is 6.71. The molecule has 1 aromatic rings. The van der Waals surface area contributed by atoms with Gasteiger partial charge in [0.2, 0.25) is 0 Å². The zero-order chi connectivity index (χ0) is 12.7. The monoisotopic (exact) mass is 235 g/mol. The highest BCUT2D eigenvalue weighted by Gasteiger charge is 2.05. The largest absolute Gasteiger partial charge is 0.496 e. The van der Waals surface area contributed by atoms with Crippen LogP contribution in [0.5, 0.6) is 5.75 Å². The Labute approximate surface area is 105 Å². The molecular weight excluding hydrogens is 210 g/mol.